The number of carboxylic acids is 1. The van der Waals surface area contributed by atoms with Gasteiger partial charge < -0.3 is 9.84 Å². The number of carbonyl (C=O) groups is 2. The monoisotopic (exact) mass is 290 g/mol. The molecule has 0 fully saturated rings. The Labute approximate surface area is 123 Å². The molecule has 0 bridgehead atoms. The van der Waals surface area contributed by atoms with Crippen LogP contribution < -0.4 is 5.01 Å². The summed E-state index contributed by atoms with van der Waals surface area (Å²) in [5, 5.41) is 14.9. The van der Waals surface area contributed by atoms with Gasteiger partial charge in [-0.1, -0.05) is 12.1 Å². The highest BCUT2D eigenvalue weighted by Gasteiger charge is 2.37. The van der Waals surface area contributed by atoms with Gasteiger partial charge in [0.25, 0.3) is 0 Å². The van der Waals surface area contributed by atoms with Crippen LogP contribution in [0.2, 0.25) is 0 Å². The number of carboxylic acid groups (broad SMARTS) is 1. The average molecular weight is 290 g/mol. The van der Waals surface area contributed by atoms with E-state index in [-0.39, 0.29) is 18.7 Å². The molecule has 1 N–H and O–H groups in total. The highest BCUT2D eigenvalue weighted by atomic mass is 16.5. The molecule has 0 aromatic heterocycles. The molecule has 1 aliphatic heterocycles. The topological polar surface area (TPSA) is 79.2 Å². The van der Waals surface area contributed by atoms with Gasteiger partial charge in [-0.2, -0.15) is 5.10 Å². The van der Waals surface area contributed by atoms with Crippen LogP contribution in [0.1, 0.15) is 24.5 Å². The van der Waals surface area contributed by atoms with E-state index >= 15 is 0 Å². The number of aliphatic carboxylic acids is 1. The van der Waals surface area contributed by atoms with Crippen LogP contribution in [0, 0.1) is 13.8 Å². The SMILES string of the molecule is CCOC(=O)C1=NN(c2cc(C)ccc2C)[C@@H](C(=O)O)C1. The Balaban J connectivity index is 2.40. The lowest BCUT2D eigenvalue weighted by molar-refractivity contribution is -0.138. The fourth-order valence-corrected chi connectivity index (χ4v) is 2.23. The number of ether oxygens (including phenoxy) is 1. The van der Waals surface area contributed by atoms with E-state index < -0.39 is 18.0 Å². The second kappa shape index (κ2) is 5.95. The number of hydrogen-bond donors (Lipinski definition) is 1. The number of hydrazone groups is 1. The lowest BCUT2D eigenvalue weighted by Gasteiger charge is -2.22. The molecule has 1 aliphatic rings. The molecule has 1 atom stereocenters. The number of aryl methyl sites for hydroxylation is 2. The third-order valence-electron chi connectivity index (χ3n) is 3.32. The van der Waals surface area contributed by atoms with Crippen molar-refractivity contribution in [2.45, 2.75) is 33.2 Å². The molecule has 0 saturated carbocycles. The number of nitrogens with zero attached hydrogens (tertiary/aromatic N) is 2. The van der Waals surface area contributed by atoms with E-state index in [0.29, 0.717) is 5.69 Å². The van der Waals surface area contributed by atoms with Crippen molar-refractivity contribution in [2.24, 2.45) is 5.10 Å². The molecule has 6 heteroatoms. The number of benzene rings is 1. The van der Waals surface area contributed by atoms with Gasteiger partial charge in [-0.25, -0.2) is 9.59 Å². The summed E-state index contributed by atoms with van der Waals surface area (Å²) in [6.45, 7) is 5.74. The molecule has 21 heavy (non-hydrogen) atoms. The van der Waals surface area contributed by atoms with Gasteiger partial charge in [-0.3, -0.25) is 5.01 Å². The zero-order chi connectivity index (χ0) is 15.6. The van der Waals surface area contributed by atoms with Crippen molar-refractivity contribution < 1.29 is 19.4 Å². The minimum absolute atomic E-state index is 0.0432. The van der Waals surface area contributed by atoms with E-state index in [0.717, 1.165) is 11.1 Å². The summed E-state index contributed by atoms with van der Waals surface area (Å²) >= 11 is 0. The summed E-state index contributed by atoms with van der Waals surface area (Å²) in [5.74, 6) is -1.57. The normalized spacial score (nSPS) is 17.6. The maximum absolute atomic E-state index is 11.8. The van der Waals surface area contributed by atoms with Crippen LogP contribution in [-0.4, -0.2) is 35.4 Å². The van der Waals surface area contributed by atoms with Gasteiger partial charge in [-0.15, -0.1) is 0 Å². The Hall–Kier alpha value is -2.37. The van der Waals surface area contributed by atoms with E-state index in [1.54, 1.807) is 6.92 Å². The molecule has 2 rings (SSSR count). The summed E-state index contributed by atoms with van der Waals surface area (Å²) in [7, 11) is 0. The van der Waals surface area contributed by atoms with Crippen LogP contribution in [0.25, 0.3) is 0 Å². The maximum atomic E-state index is 11.8. The van der Waals surface area contributed by atoms with E-state index in [2.05, 4.69) is 5.10 Å². The fraction of sp³-hybridized carbons (Fsp3) is 0.400. The molecule has 0 radical (unpaired) electrons. The minimum Gasteiger partial charge on any atom is -0.480 e. The molecule has 1 heterocycles. The molecule has 0 unspecified atom stereocenters. The van der Waals surface area contributed by atoms with Crippen molar-refractivity contribution in [1.82, 2.24) is 0 Å². The van der Waals surface area contributed by atoms with Crippen LogP contribution in [0.4, 0.5) is 5.69 Å². The van der Waals surface area contributed by atoms with E-state index in [1.165, 1.54) is 5.01 Å². The predicted molar refractivity (Wildman–Crippen MR) is 78.5 cm³/mol. The smallest absolute Gasteiger partial charge is 0.354 e. The number of esters is 1. The van der Waals surface area contributed by atoms with E-state index in [4.69, 9.17) is 4.74 Å². The van der Waals surface area contributed by atoms with Crippen molar-refractivity contribution in [3.05, 3.63) is 29.3 Å². The number of hydrogen-bond acceptors (Lipinski definition) is 5. The van der Waals surface area contributed by atoms with Crippen LogP contribution in [-0.2, 0) is 14.3 Å². The Kier molecular flexibility index (Phi) is 4.26. The van der Waals surface area contributed by atoms with E-state index in [1.807, 2.05) is 32.0 Å². The zero-order valence-corrected chi connectivity index (χ0v) is 12.3. The largest absolute Gasteiger partial charge is 0.480 e. The summed E-state index contributed by atoms with van der Waals surface area (Å²) in [5.41, 5.74) is 2.74. The van der Waals surface area contributed by atoms with Gasteiger partial charge in [-0.05, 0) is 38.0 Å². The van der Waals surface area contributed by atoms with Gasteiger partial charge in [0.15, 0.2) is 6.04 Å². The lowest BCUT2D eigenvalue weighted by atomic mass is 10.1. The predicted octanol–water partition coefficient (Wildman–Crippen LogP) is 1.89. The summed E-state index contributed by atoms with van der Waals surface area (Å²) in [4.78, 5) is 23.2. The third-order valence-corrected chi connectivity index (χ3v) is 3.32. The maximum Gasteiger partial charge on any atom is 0.354 e. The first-order chi connectivity index (χ1) is 9.93. The second-order valence-corrected chi connectivity index (χ2v) is 4.96. The van der Waals surface area contributed by atoms with Crippen molar-refractivity contribution in [3.63, 3.8) is 0 Å². The first-order valence-electron chi connectivity index (χ1n) is 6.78. The quantitative estimate of drug-likeness (QED) is 0.857. The highest BCUT2D eigenvalue weighted by Crippen LogP contribution is 2.29. The molecule has 1 aromatic rings. The molecule has 0 spiro atoms. The van der Waals surface area contributed by atoms with Gasteiger partial charge in [0.1, 0.15) is 5.71 Å². The zero-order valence-electron chi connectivity index (χ0n) is 12.3. The second-order valence-electron chi connectivity index (χ2n) is 4.96. The summed E-state index contributed by atoms with van der Waals surface area (Å²) < 4.78 is 4.90. The Bertz CT molecular complexity index is 610. The first kappa shape index (κ1) is 15.0. The number of carbonyl (C=O) groups excluding carboxylic acids is 1. The van der Waals surface area contributed by atoms with E-state index in [9.17, 15) is 14.7 Å². The highest BCUT2D eigenvalue weighted by molar-refractivity contribution is 6.38. The minimum atomic E-state index is -1.01. The Morgan fingerprint density at radius 2 is 2.14 bits per heavy atom. The van der Waals surface area contributed by atoms with Crippen molar-refractivity contribution >= 4 is 23.3 Å². The van der Waals surface area contributed by atoms with Gasteiger partial charge in [0.2, 0.25) is 0 Å². The molecule has 112 valence electrons. The van der Waals surface area contributed by atoms with Crippen molar-refractivity contribution in [3.8, 4) is 0 Å². The fourth-order valence-electron chi connectivity index (χ4n) is 2.23. The summed E-state index contributed by atoms with van der Waals surface area (Å²) in [6.07, 6.45) is 0.0432. The molecule has 0 saturated heterocycles. The molecule has 0 aliphatic carbocycles. The van der Waals surface area contributed by atoms with Crippen LogP contribution in [0.5, 0.6) is 0 Å². The Morgan fingerprint density at radius 3 is 2.76 bits per heavy atom. The number of anilines is 1. The molecular formula is C15H18N2O4. The van der Waals surface area contributed by atoms with Crippen molar-refractivity contribution in [1.29, 1.82) is 0 Å². The van der Waals surface area contributed by atoms with Gasteiger partial charge in [0.05, 0.1) is 12.3 Å². The Morgan fingerprint density at radius 1 is 1.43 bits per heavy atom. The van der Waals surface area contributed by atoms with Crippen LogP contribution in [0.3, 0.4) is 0 Å². The number of rotatable bonds is 4. The van der Waals surface area contributed by atoms with Crippen LogP contribution in [0.15, 0.2) is 23.3 Å². The summed E-state index contributed by atoms with van der Waals surface area (Å²) in [6, 6.07) is 4.83. The first-order valence-corrected chi connectivity index (χ1v) is 6.78. The van der Waals surface area contributed by atoms with Gasteiger partial charge >= 0.3 is 11.9 Å². The molecule has 1 aromatic carbocycles. The molecule has 6 nitrogen and oxygen atoms in total. The molecule has 0 amide bonds. The average Bonchev–Trinajstić information content (AvgIpc) is 2.87. The lowest BCUT2D eigenvalue weighted by Crippen LogP contribution is -2.34. The van der Waals surface area contributed by atoms with Crippen molar-refractivity contribution in [2.75, 3.05) is 11.6 Å². The van der Waals surface area contributed by atoms with Gasteiger partial charge in [0, 0.05) is 6.42 Å². The third kappa shape index (κ3) is 3.04. The molecular weight excluding hydrogens is 272 g/mol. The van der Waals surface area contributed by atoms with Crippen LogP contribution >= 0.6 is 0 Å². The standard InChI is InChI=1S/C15H18N2O4/c1-4-21-15(20)11-8-13(14(18)19)17(16-11)12-7-9(2)5-6-10(12)3/h5-7,13H,4,8H2,1-3H3,(H,18,19)/t13-/m1/s1.